The molecule has 0 aliphatic heterocycles. The highest BCUT2D eigenvalue weighted by atomic mass is 16.4. The standard InChI is InChI=1S/C12H25N3O2/c1-2-10(9-12(13)14-17)15(7-4-8-16)11-5-3-6-11/h10-11,16-17H,2-9H2,1H3,(H2,13,14). The molecule has 5 heteroatoms. The molecule has 5 nitrogen and oxygen atoms in total. The van der Waals surface area contributed by atoms with E-state index >= 15 is 0 Å². The van der Waals surface area contributed by atoms with E-state index in [1.54, 1.807) is 0 Å². The molecule has 1 aliphatic carbocycles. The van der Waals surface area contributed by atoms with Crippen molar-refractivity contribution < 1.29 is 10.3 Å². The van der Waals surface area contributed by atoms with Crippen LogP contribution in [0.2, 0.25) is 0 Å². The van der Waals surface area contributed by atoms with Gasteiger partial charge < -0.3 is 16.0 Å². The molecular weight excluding hydrogens is 218 g/mol. The third-order valence-electron chi connectivity index (χ3n) is 3.63. The highest BCUT2D eigenvalue weighted by molar-refractivity contribution is 5.80. The van der Waals surface area contributed by atoms with Crippen LogP contribution in [0.15, 0.2) is 5.16 Å². The molecule has 1 atom stereocenters. The summed E-state index contributed by atoms with van der Waals surface area (Å²) in [5, 5.41) is 20.7. The molecule has 1 aliphatic rings. The first-order valence-electron chi connectivity index (χ1n) is 6.55. The lowest BCUT2D eigenvalue weighted by molar-refractivity contribution is 0.0718. The third-order valence-corrected chi connectivity index (χ3v) is 3.63. The van der Waals surface area contributed by atoms with Crippen LogP contribution in [0.4, 0.5) is 0 Å². The van der Waals surface area contributed by atoms with E-state index in [-0.39, 0.29) is 6.61 Å². The molecule has 4 N–H and O–H groups in total. The van der Waals surface area contributed by atoms with E-state index in [9.17, 15) is 0 Å². The van der Waals surface area contributed by atoms with Crippen molar-refractivity contribution in [1.82, 2.24) is 4.90 Å². The van der Waals surface area contributed by atoms with Crippen molar-refractivity contribution in [3.05, 3.63) is 0 Å². The van der Waals surface area contributed by atoms with Gasteiger partial charge in [0.1, 0.15) is 5.84 Å². The van der Waals surface area contributed by atoms with E-state index in [0.29, 0.717) is 24.3 Å². The molecule has 0 aromatic heterocycles. The van der Waals surface area contributed by atoms with Crippen LogP contribution < -0.4 is 5.73 Å². The number of aliphatic hydroxyl groups is 1. The molecule has 0 aromatic rings. The average Bonchev–Trinajstić information content (AvgIpc) is 2.28. The van der Waals surface area contributed by atoms with Crippen molar-refractivity contribution >= 4 is 5.84 Å². The van der Waals surface area contributed by atoms with Crippen molar-refractivity contribution in [1.29, 1.82) is 0 Å². The Morgan fingerprint density at radius 3 is 2.65 bits per heavy atom. The van der Waals surface area contributed by atoms with E-state index in [4.69, 9.17) is 16.0 Å². The number of amidine groups is 1. The highest BCUT2D eigenvalue weighted by Crippen LogP contribution is 2.28. The Morgan fingerprint density at radius 1 is 1.53 bits per heavy atom. The number of nitrogens with two attached hydrogens (primary N) is 1. The monoisotopic (exact) mass is 243 g/mol. The molecule has 0 heterocycles. The zero-order valence-electron chi connectivity index (χ0n) is 10.7. The van der Waals surface area contributed by atoms with Gasteiger partial charge in [-0.25, -0.2) is 0 Å². The average molecular weight is 243 g/mol. The minimum absolute atomic E-state index is 0.225. The third kappa shape index (κ3) is 4.16. The summed E-state index contributed by atoms with van der Waals surface area (Å²) in [6.45, 7) is 3.25. The maximum atomic E-state index is 8.96. The minimum Gasteiger partial charge on any atom is -0.409 e. The van der Waals surface area contributed by atoms with Gasteiger partial charge in [0.15, 0.2) is 0 Å². The number of oxime groups is 1. The molecule has 0 bridgehead atoms. The molecule has 1 rings (SSSR count). The second-order valence-electron chi connectivity index (χ2n) is 4.76. The van der Waals surface area contributed by atoms with Crippen LogP contribution in [0.1, 0.15) is 45.4 Å². The van der Waals surface area contributed by atoms with Gasteiger partial charge in [0.25, 0.3) is 0 Å². The quantitative estimate of drug-likeness (QED) is 0.258. The molecule has 1 fully saturated rings. The fourth-order valence-electron chi connectivity index (χ4n) is 2.41. The summed E-state index contributed by atoms with van der Waals surface area (Å²) in [6, 6.07) is 0.945. The number of hydrogen-bond donors (Lipinski definition) is 3. The predicted octanol–water partition coefficient (Wildman–Crippen LogP) is 1.14. The van der Waals surface area contributed by atoms with Gasteiger partial charge in [-0.1, -0.05) is 18.5 Å². The van der Waals surface area contributed by atoms with Crippen LogP contribution in [0, 0.1) is 0 Å². The molecule has 0 saturated heterocycles. The Bertz CT molecular complexity index is 242. The summed E-state index contributed by atoms with van der Waals surface area (Å²) < 4.78 is 0. The van der Waals surface area contributed by atoms with Crippen molar-refractivity contribution in [2.75, 3.05) is 13.2 Å². The molecule has 0 amide bonds. The van der Waals surface area contributed by atoms with Gasteiger partial charge in [-0.15, -0.1) is 0 Å². The summed E-state index contributed by atoms with van der Waals surface area (Å²) in [4.78, 5) is 2.43. The van der Waals surface area contributed by atoms with Crippen LogP contribution in [0.3, 0.4) is 0 Å². The van der Waals surface area contributed by atoms with Crippen molar-refractivity contribution in [3.63, 3.8) is 0 Å². The summed E-state index contributed by atoms with van der Waals surface area (Å²) in [5.74, 6) is 0.296. The van der Waals surface area contributed by atoms with E-state index in [1.165, 1.54) is 19.3 Å². The first kappa shape index (κ1) is 14.3. The van der Waals surface area contributed by atoms with E-state index in [0.717, 1.165) is 19.4 Å². The molecule has 0 spiro atoms. The first-order chi connectivity index (χ1) is 8.22. The lowest BCUT2D eigenvalue weighted by Gasteiger charge is -2.42. The van der Waals surface area contributed by atoms with Crippen LogP contribution >= 0.6 is 0 Å². The lowest BCUT2D eigenvalue weighted by atomic mass is 9.89. The van der Waals surface area contributed by atoms with Gasteiger partial charge in [-0.05, 0) is 25.7 Å². The molecule has 1 unspecified atom stereocenters. The predicted molar refractivity (Wildman–Crippen MR) is 68.2 cm³/mol. The first-order valence-corrected chi connectivity index (χ1v) is 6.55. The molecule has 0 aromatic carbocycles. The topological polar surface area (TPSA) is 82.1 Å². The van der Waals surface area contributed by atoms with Gasteiger partial charge in [0.2, 0.25) is 0 Å². The maximum Gasteiger partial charge on any atom is 0.140 e. The molecule has 100 valence electrons. The van der Waals surface area contributed by atoms with E-state index in [1.807, 2.05) is 0 Å². The van der Waals surface area contributed by atoms with Crippen molar-refractivity contribution in [2.45, 2.75) is 57.5 Å². The summed E-state index contributed by atoms with van der Waals surface area (Å²) in [7, 11) is 0. The normalized spacial score (nSPS) is 19.4. The number of rotatable bonds is 8. The Kier molecular flexibility index (Phi) is 6.29. The Balaban J connectivity index is 2.56. The van der Waals surface area contributed by atoms with E-state index < -0.39 is 0 Å². The second-order valence-corrected chi connectivity index (χ2v) is 4.76. The zero-order chi connectivity index (χ0) is 12.7. The van der Waals surface area contributed by atoms with Crippen LogP contribution in [0.25, 0.3) is 0 Å². The maximum absolute atomic E-state index is 8.96. The summed E-state index contributed by atoms with van der Waals surface area (Å²) >= 11 is 0. The minimum atomic E-state index is 0.225. The van der Waals surface area contributed by atoms with Crippen molar-refractivity contribution in [2.24, 2.45) is 10.9 Å². The smallest absolute Gasteiger partial charge is 0.140 e. The zero-order valence-corrected chi connectivity index (χ0v) is 10.7. The van der Waals surface area contributed by atoms with Gasteiger partial charge >= 0.3 is 0 Å². The summed E-state index contributed by atoms with van der Waals surface area (Å²) in [5.41, 5.74) is 5.60. The Morgan fingerprint density at radius 2 is 2.24 bits per heavy atom. The number of hydrogen-bond acceptors (Lipinski definition) is 4. The van der Waals surface area contributed by atoms with Crippen LogP contribution in [0.5, 0.6) is 0 Å². The van der Waals surface area contributed by atoms with E-state index in [2.05, 4.69) is 17.0 Å². The molecule has 0 radical (unpaired) electrons. The van der Waals surface area contributed by atoms with Crippen molar-refractivity contribution in [3.8, 4) is 0 Å². The number of aliphatic hydroxyl groups excluding tert-OH is 1. The van der Waals surface area contributed by atoms with Gasteiger partial charge in [-0.2, -0.15) is 0 Å². The molecule has 1 saturated carbocycles. The summed E-state index contributed by atoms with van der Waals surface area (Å²) in [6.07, 6.45) is 6.15. The Hall–Kier alpha value is -0.810. The molecular formula is C12H25N3O2. The van der Waals surface area contributed by atoms with Gasteiger partial charge in [0.05, 0.1) is 0 Å². The fourth-order valence-corrected chi connectivity index (χ4v) is 2.41. The molecule has 17 heavy (non-hydrogen) atoms. The van der Waals surface area contributed by atoms with Crippen LogP contribution in [-0.4, -0.2) is 46.3 Å². The van der Waals surface area contributed by atoms with Gasteiger partial charge in [0, 0.05) is 31.7 Å². The number of nitrogens with zero attached hydrogens (tertiary/aromatic N) is 2. The Labute approximate surface area is 103 Å². The van der Waals surface area contributed by atoms with Gasteiger partial charge in [-0.3, -0.25) is 4.90 Å². The largest absolute Gasteiger partial charge is 0.409 e. The highest BCUT2D eigenvalue weighted by Gasteiger charge is 2.29. The SMILES string of the molecule is CCC(CC(N)=NO)N(CCCO)C1CCC1. The fraction of sp³-hybridized carbons (Fsp3) is 0.917. The van der Waals surface area contributed by atoms with Crippen LogP contribution in [-0.2, 0) is 0 Å². The second kappa shape index (κ2) is 7.50. The lowest BCUT2D eigenvalue weighted by Crippen LogP contribution is -2.48.